The number of amides is 2. The molecule has 132 valence electrons. The van der Waals surface area contributed by atoms with Crippen LogP contribution in [-0.2, 0) is 4.79 Å². The van der Waals surface area contributed by atoms with E-state index in [2.05, 4.69) is 10.9 Å². The Morgan fingerprint density at radius 3 is 2.24 bits per heavy atom. The third kappa shape index (κ3) is 5.10. The second kappa shape index (κ2) is 8.53. The van der Waals surface area contributed by atoms with Crippen molar-refractivity contribution in [1.82, 2.24) is 10.9 Å². The van der Waals surface area contributed by atoms with Gasteiger partial charge in [0, 0.05) is 11.6 Å². The van der Waals surface area contributed by atoms with E-state index in [0.717, 1.165) is 0 Å². The zero-order valence-corrected chi connectivity index (χ0v) is 13.7. The first-order valence-corrected chi connectivity index (χ1v) is 7.23. The number of hydrogen-bond acceptors (Lipinski definition) is 5. The summed E-state index contributed by atoms with van der Waals surface area (Å²) in [5.74, 6) is -0.996. The minimum Gasteiger partial charge on any atom is -0.497 e. The Morgan fingerprint density at radius 1 is 1.00 bits per heavy atom. The fraction of sp³-hybridized carbons (Fsp3) is 0.176. The highest BCUT2D eigenvalue weighted by atomic mass is 19.1. The third-order valence-corrected chi connectivity index (χ3v) is 3.12. The maximum Gasteiger partial charge on any atom is 0.276 e. The van der Waals surface area contributed by atoms with Crippen molar-refractivity contribution in [3.05, 3.63) is 53.8 Å². The van der Waals surface area contributed by atoms with Gasteiger partial charge in [-0.1, -0.05) is 12.1 Å². The number of halogens is 1. The molecule has 0 saturated carbocycles. The van der Waals surface area contributed by atoms with Crippen molar-refractivity contribution in [3.63, 3.8) is 0 Å². The fourth-order valence-corrected chi connectivity index (χ4v) is 1.88. The average molecular weight is 348 g/mol. The van der Waals surface area contributed by atoms with Crippen LogP contribution in [-0.4, -0.2) is 32.6 Å². The Bertz CT molecular complexity index is 744. The zero-order valence-electron chi connectivity index (χ0n) is 13.7. The molecule has 0 fully saturated rings. The molecule has 0 saturated heterocycles. The largest absolute Gasteiger partial charge is 0.497 e. The highest BCUT2D eigenvalue weighted by Gasteiger charge is 2.12. The first kappa shape index (κ1) is 18.1. The van der Waals surface area contributed by atoms with Crippen LogP contribution >= 0.6 is 0 Å². The summed E-state index contributed by atoms with van der Waals surface area (Å²) in [5, 5.41) is 0. The van der Waals surface area contributed by atoms with Gasteiger partial charge in [0.2, 0.25) is 0 Å². The topological polar surface area (TPSA) is 85.9 Å². The van der Waals surface area contributed by atoms with Crippen LogP contribution in [0.3, 0.4) is 0 Å². The maximum absolute atomic E-state index is 13.4. The first-order valence-electron chi connectivity index (χ1n) is 7.23. The monoisotopic (exact) mass is 348 g/mol. The minimum atomic E-state index is -0.647. The molecular formula is C17H17FN2O5. The molecule has 2 aromatic carbocycles. The van der Waals surface area contributed by atoms with Gasteiger partial charge in [0.05, 0.1) is 14.2 Å². The molecule has 0 aliphatic carbocycles. The molecule has 0 aromatic heterocycles. The Kier molecular flexibility index (Phi) is 6.16. The molecule has 2 rings (SSSR count). The zero-order chi connectivity index (χ0) is 18.2. The van der Waals surface area contributed by atoms with Gasteiger partial charge in [0.1, 0.15) is 11.5 Å². The van der Waals surface area contributed by atoms with Crippen LogP contribution in [0, 0.1) is 5.82 Å². The molecule has 0 atom stereocenters. The summed E-state index contributed by atoms with van der Waals surface area (Å²) in [6.45, 7) is -0.456. The van der Waals surface area contributed by atoms with E-state index in [9.17, 15) is 14.0 Å². The standard InChI is InChI=1S/C17H17FN2O5/c1-23-12-7-11(8-13(9-12)24-2)17(22)20-19-16(21)10-25-15-6-4-3-5-14(15)18/h3-9H,10H2,1-2H3,(H,19,21)(H,20,22). The SMILES string of the molecule is COc1cc(OC)cc(C(=O)NNC(=O)COc2ccccc2F)c1. The molecule has 2 aromatic rings. The van der Waals surface area contributed by atoms with E-state index in [1.54, 1.807) is 12.1 Å². The lowest BCUT2D eigenvalue weighted by Gasteiger charge is -2.11. The van der Waals surface area contributed by atoms with Crippen molar-refractivity contribution in [2.45, 2.75) is 0 Å². The van der Waals surface area contributed by atoms with Crippen LogP contribution in [0.1, 0.15) is 10.4 Å². The molecule has 2 N–H and O–H groups in total. The van der Waals surface area contributed by atoms with Crippen LogP contribution < -0.4 is 25.1 Å². The van der Waals surface area contributed by atoms with Gasteiger partial charge in [-0.15, -0.1) is 0 Å². The predicted octanol–water partition coefficient (Wildman–Crippen LogP) is 1.68. The van der Waals surface area contributed by atoms with Crippen molar-refractivity contribution in [2.24, 2.45) is 0 Å². The van der Waals surface area contributed by atoms with E-state index >= 15 is 0 Å². The Morgan fingerprint density at radius 2 is 1.64 bits per heavy atom. The molecular weight excluding hydrogens is 331 g/mol. The molecule has 0 unspecified atom stereocenters. The molecule has 0 spiro atoms. The van der Waals surface area contributed by atoms with Gasteiger partial charge in [-0.25, -0.2) is 4.39 Å². The molecule has 0 radical (unpaired) electrons. The number of para-hydroxylation sites is 1. The highest BCUT2D eigenvalue weighted by Crippen LogP contribution is 2.22. The van der Waals surface area contributed by atoms with Crippen LogP contribution in [0.15, 0.2) is 42.5 Å². The van der Waals surface area contributed by atoms with Crippen LogP contribution in [0.4, 0.5) is 4.39 Å². The van der Waals surface area contributed by atoms with Gasteiger partial charge in [0.15, 0.2) is 18.2 Å². The number of ether oxygens (including phenoxy) is 3. The lowest BCUT2D eigenvalue weighted by Crippen LogP contribution is -2.43. The molecule has 2 amide bonds. The van der Waals surface area contributed by atoms with Crippen LogP contribution in [0.2, 0.25) is 0 Å². The predicted molar refractivity (Wildman–Crippen MR) is 87.0 cm³/mol. The van der Waals surface area contributed by atoms with E-state index in [-0.39, 0.29) is 11.3 Å². The van der Waals surface area contributed by atoms with E-state index in [4.69, 9.17) is 14.2 Å². The van der Waals surface area contributed by atoms with Gasteiger partial charge in [-0.2, -0.15) is 0 Å². The summed E-state index contributed by atoms with van der Waals surface area (Å²) in [4.78, 5) is 23.8. The average Bonchev–Trinajstić information content (AvgIpc) is 2.64. The van der Waals surface area contributed by atoms with Gasteiger partial charge >= 0.3 is 0 Å². The summed E-state index contributed by atoms with van der Waals surface area (Å²) in [7, 11) is 2.91. The van der Waals surface area contributed by atoms with E-state index in [1.807, 2.05) is 0 Å². The van der Waals surface area contributed by atoms with Gasteiger partial charge in [-0.3, -0.25) is 20.4 Å². The second-order valence-electron chi connectivity index (χ2n) is 4.82. The van der Waals surface area contributed by atoms with Crippen molar-refractivity contribution in [3.8, 4) is 17.2 Å². The molecule has 0 aliphatic heterocycles. The van der Waals surface area contributed by atoms with Crippen molar-refractivity contribution < 1.29 is 28.2 Å². The summed E-state index contributed by atoms with van der Waals surface area (Å²) in [6, 6.07) is 10.3. The van der Waals surface area contributed by atoms with Crippen LogP contribution in [0.25, 0.3) is 0 Å². The number of hydrogen-bond donors (Lipinski definition) is 2. The molecule has 8 heteroatoms. The number of hydrazine groups is 1. The molecule has 0 bridgehead atoms. The van der Waals surface area contributed by atoms with E-state index in [0.29, 0.717) is 11.5 Å². The number of carbonyl (C=O) groups is 2. The van der Waals surface area contributed by atoms with E-state index < -0.39 is 24.2 Å². The van der Waals surface area contributed by atoms with Gasteiger partial charge in [-0.05, 0) is 24.3 Å². The molecule has 0 heterocycles. The molecule has 0 aliphatic rings. The van der Waals surface area contributed by atoms with Crippen LogP contribution in [0.5, 0.6) is 17.2 Å². The minimum absolute atomic E-state index is 0.0542. The van der Waals surface area contributed by atoms with E-state index in [1.165, 1.54) is 44.6 Å². The second-order valence-corrected chi connectivity index (χ2v) is 4.82. The summed E-state index contributed by atoms with van der Waals surface area (Å²) in [6.07, 6.45) is 0. The van der Waals surface area contributed by atoms with Crippen molar-refractivity contribution in [1.29, 1.82) is 0 Å². The first-order chi connectivity index (χ1) is 12.0. The summed E-state index contributed by atoms with van der Waals surface area (Å²) >= 11 is 0. The number of benzene rings is 2. The lowest BCUT2D eigenvalue weighted by molar-refractivity contribution is -0.123. The lowest BCUT2D eigenvalue weighted by atomic mass is 10.2. The third-order valence-electron chi connectivity index (χ3n) is 3.12. The van der Waals surface area contributed by atoms with Crippen molar-refractivity contribution in [2.75, 3.05) is 20.8 Å². The van der Waals surface area contributed by atoms with Gasteiger partial charge < -0.3 is 14.2 Å². The fourth-order valence-electron chi connectivity index (χ4n) is 1.88. The molecule has 25 heavy (non-hydrogen) atoms. The quantitative estimate of drug-likeness (QED) is 0.776. The Hall–Kier alpha value is -3.29. The number of nitrogens with one attached hydrogen (secondary N) is 2. The summed E-state index contributed by atoms with van der Waals surface area (Å²) in [5.41, 5.74) is 4.64. The van der Waals surface area contributed by atoms with Gasteiger partial charge in [0.25, 0.3) is 11.8 Å². The smallest absolute Gasteiger partial charge is 0.276 e. The maximum atomic E-state index is 13.4. The van der Waals surface area contributed by atoms with Crippen molar-refractivity contribution >= 4 is 11.8 Å². The Balaban J connectivity index is 1.89. The summed E-state index contributed by atoms with van der Waals surface area (Å²) < 4.78 is 28.5. The number of carbonyl (C=O) groups excluding carboxylic acids is 2. The number of rotatable bonds is 6. The molecule has 7 nitrogen and oxygen atoms in total. The highest BCUT2D eigenvalue weighted by molar-refractivity contribution is 5.96. The normalized spacial score (nSPS) is 9.88. The Labute approximate surface area is 143 Å². The number of methoxy groups -OCH3 is 2.